The van der Waals surface area contributed by atoms with Crippen molar-refractivity contribution in [3.63, 3.8) is 0 Å². The lowest BCUT2D eigenvalue weighted by atomic mass is 10.1. The van der Waals surface area contributed by atoms with Gasteiger partial charge in [-0.2, -0.15) is 0 Å². The van der Waals surface area contributed by atoms with Gasteiger partial charge in [0.1, 0.15) is 5.69 Å². The molecule has 0 saturated heterocycles. The van der Waals surface area contributed by atoms with Gasteiger partial charge in [-0.1, -0.05) is 5.21 Å². The summed E-state index contributed by atoms with van der Waals surface area (Å²) in [5, 5.41) is 9.71. The van der Waals surface area contributed by atoms with Crippen LogP contribution in [0.2, 0.25) is 0 Å². The number of nitrogens with zero attached hydrogens (tertiary/aromatic N) is 5. The molecule has 0 aliphatic heterocycles. The van der Waals surface area contributed by atoms with Crippen LogP contribution in [0.25, 0.3) is 0 Å². The maximum Gasteiger partial charge on any atom is 0.210 e. The second-order valence-corrected chi connectivity index (χ2v) is 7.62. The van der Waals surface area contributed by atoms with Gasteiger partial charge < -0.3 is 15.6 Å². The average molecular weight is 323 g/mol. The van der Waals surface area contributed by atoms with Crippen LogP contribution in [0.4, 0.5) is 0 Å². The SMILES string of the molecule is CC(C)(C)N(N)/C=C(\N)CN(C=O)Cc1cn(C(C)(C)C)nn1. The van der Waals surface area contributed by atoms with Crippen LogP contribution in [0.3, 0.4) is 0 Å². The minimum Gasteiger partial charge on any atom is -0.399 e. The highest BCUT2D eigenvalue weighted by molar-refractivity contribution is 5.47. The minimum atomic E-state index is -0.244. The Kier molecular flexibility index (Phi) is 5.76. The molecule has 1 aromatic rings. The summed E-state index contributed by atoms with van der Waals surface area (Å²) in [7, 11) is 0. The van der Waals surface area contributed by atoms with E-state index in [0.29, 0.717) is 17.9 Å². The highest BCUT2D eigenvalue weighted by atomic mass is 16.1. The van der Waals surface area contributed by atoms with Crippen molar-refractivity contribution in [2.75, 3.05) is 6.54 Å². The largest absolute Gasteiger partial charge is 0.399 e. The van der Waals surface area contributed by atoms with Crippen LogP contribution in [0.5, 0.6) is 0 Å². The molecule has 0 radical (unpaired) electrons. The van der Waals surface area contributed by atoms with Crippen molar-refractivity contribution in [3.05, 3.63) is 23.8 Å². The van der Waals surface area contributed by atoms with Gasteiger partial charge in [0.25, 0.3) is 0 Å². The van der Waals surface area contributed by atoms with E-state index >= 15 is 0 Å². The molecular formula is C15H29N7O. The molecule has 0 bridgehead atoms. The molecule has 8 heteroatoms. The summed E-state index contributed by atoms with van der Waals surface area (Å²) in [5.74, 6) is 5.92. The highest BCUT2D eigenvalue weighted by Crippen LogP contribution is 2.13. The van der Waals surface area contributed by atoms with E-state index in [2.05, 4.69) is 10.3 Å². The molecule has 4 N–H and O–H groups in total. The summed E-state index contributed by atoms with van der Waals surface area (Å²) in [6.45, 7) is 12.6. The Morgan fingerprint density at radius 3 is 2.35 bits per heavy atom. The summed E-state index contributed by atoms with van der Waals surface area (Å²) < 4.78 is 1.77. The fourth-order valence-corrected chi connectivity index (χ4v) is 1.68. The van der Waals surface area contributed by atoms with Gasteiger partial charge in [0, 0.05) is 17.4 Å². The third kappa shape index (κ3) is 5.90. The lowest BCUT2D eigenvalue weighted by molar-refractivity contribution is -0.118. The van der Waals surface area contributed by atoms with E-state index in [-0.39, 0.29) is 17.6 Å². The van der Waals surface area contributed by atoms with Crippen molar-refractivity contribution in [1.29, 1.82) is 0 Å². The minimum absolute atomic E-state index is 0.150. The predicted octanol–water partition coefficient (Wildman–Crippen LogP) is 0.766. The van der Waals surface area contributed by atoms with Crippen molar-refractivity contribution >= 4 is 6.41 Å². The molecule has 0 atom stereocenters. The molecule has 0 spiro atoms. The average Bonchev–Trinajstić information content (AvgIpc) is 2.85. The summed E-state index contributed by atoms with van der Waals surface area (Å²) >= 11 is 0. The van der Waals surface area contributed by atoms with Gasteiger partial charge in [0.15, 0.2) is 0 Å². The van der Waals surface area contributed by atoms with E-state index in [9.17, 15) is 4.79 Å². The number of aromatic nitrogens is 3. The number of rotatable bonds is 6. The fourth-order valence-electron chi connectivity index (χ4n) is 1.68. The Balaban J connectivity index is 2.73. The van der Waals surface area contributed by atoms with Crippen LogP contribution in [-0.4, -0.2) is 43.4 Å². The molecule has 1 aromatic heterocycles. The first-order valence-electron chi connectivity index (χ1n) is 7.54. The Morgan fingerprint density at radius 2 is 1.91 bits per heavy atom. The third-order valence-electron chi connectivity index (χ3n) is 3.21. The molecule has 1 heterocycles. The number of carbonyl (C=O) groups is 1. The predicted molar refractivity (Wildman–Crippen MR) is 89.5 cm³/mol. The molecule has 1 rings (SSSR count). The number of hydrazine groups is 1. The van der Waals surface area contributed by atoms with E-state index in [1.54, 1.807) is 10.9 Å². The van der Waals surface area contributed by atoms with Crippen LogP contribution in [0.1, 0.15) is 47.2 Å². The Hall–Kier alpha value is -2.09. The molecule has 1 amide bonds. The second kappa shape index (κ2) is 6.99. The maximum atomic E-state index is 11.3. The first-order valence-corrected chi connectivity index (χ1v) is 7.54. The molecule has 23 heavy (non-hydrogen) atoms. The summed E-state index contributed by atoms with van der Waals surface area (Å²) in [5.41, 5.74) is 6.79. The zero-order chi connectivity index (χ0) is 17.8. The first kappa shape index (κ1) is 19.0. The third-order valence-corrected chi connectivity index (χ3v) is 3.21. The van der Waals surface area contributed by atoms with Gasteiger partial charge in [0.2, 0.25) is 6.41 Å². The standard InChI is InChI=1S/C15H29N7O/c1-14(2,3)21(17)8-12(16)7-20(11-23)9-13-10-22(19-18-13)15(4,5)6/h8,10-11H,7,9,16-17H2,1-6H3/b12-8-. The van der Waals surface area contributed by atoms with Crippen molar-refractivity contribution in [2.24, 2.45) is 11.6 Å². The fraction of sp³-hybridized carbons (Fsp3) is 0.667. The molecule has 0 aliphatic rings. The highest BCUT2D eigenvalue weighted by Gasteiger charge is 2.17. The second-order valence-electron chi connectivity index (χ2n) is 7.62. The van der Waals surface area contributed by atoms with Gasteiger partial charge in [0.05, 0.1) is 24.8 Å². The topological polar surface area (TPSA) is 106 Å². The Labute approximate surface area is 138 Å². The van der Waals surface area contributed by atoms with Crippen molar-refractivity contribution in [2.45, 2.75) is 59.2 Å². The number of nitrogens with two attached hydrogens (primary N) is 2. The zero-order valence-electron chi connectivity index (χ0n) is 14.9. The van der Waals surface area contributed by atoms with E-state index in [4.69, 9.17) is 11.6 Å². The van der Waals surface area contributed by atoms with Crippen LogP contribution >= 0.6 is 0 Å². The summed E-state index contributed by atoms with van der Waals surface area (Å²) in [6, 6.07) is 0. The van der Waals surface area contributed by atoms with Crippen molar-refractivity contribution in [1.82, 2.24) is 24.9 Å². The van der Waals surface area contributed by atoms with Crippen molar-refractivity contribution < 1.29 is 4.79 Å². The lowest BCUT2D eigenvalue weighted by Gasteiger charge is -2.30. The molecular weight excluding hydrogens is 294 g/mol. The number of hydrogen-bond acceptors (Lipinski definition) is 6. The first-order chi connectivity index (χ1) is 10.4. The monoisotopic (exact) mass is 323 g/mol. The number of carbonyl (C=O) groups excluding carboxylic acids is 1. The van der Waals surface area contributed by atoms with Gasteiger partial charge >= 0.3 is 0 Å². The quantitative estimate of drug-likeness (QED) is 0.455. The maximum absolute atomic E-state index is 11.3. The smallest absolute Gasteiger partial charge is 0.210 e. The normalized spacial score (nSPS) is 13.1. The van der Waals surface area contributed by atoms with E-state index < -0.39 is 0 Å². The summed E-state index contributed by atoms with van der Waals surface area (Å²) in [6.07, 6.45) is 4.22. The lowest BCUT2D eigenvalue weighted by Crippen LogP contribution is -2.43. The molecule has 0 unspecified atom stereocenters. The van der Waals surface area contributed by atoms with Crippen LogP contribution < -0.4 is 11.6 Å². The molecule has 0 saturated carbocycles. The van der Waals surface area contributed by atoms with Crippen LogP contribution in [0.15, 0.2) is 18.1 Å². The molecule has 8 nitrogen and oxygen atoms in total. The van der Waals surface area contributed by atoms with Crippen molar-refractivity contribution in [3.8, 4) is 0 Å². The Morgan fingerprint density at radius 1 is 1.30 bits per heavy atom. The molecule has 0 fully saturated rings. The molecule has 0 aromatic carbocycles. The van der Waals surface area contributed by atoms with Crippen LogP contribution in [-0.2, 0) is 16.9 Å². The number of hydrogen-bond donors (Lipinski definition) is 2. The van der Waals surface area contributed by atoms with E-state index in [0.717, 1.165) is 6.41 Å². The van der Waals surface area contributed by atoms with Gasteiger partial charge in [-0.3, -0.25) is 4.79 Å². The van der Waals surface area contributed by atoms with Gasteiger partial charge in [-0.05, 0) is 41.5 Å². The number of amides is 1. The van der Waals surface area contributed by atoms with Gasteiger partial charge in [-0.25, -0.2) is 10.5 Å². The zero-order valence-corrected chi connectivity index (χ0v) is 14.9. The van der Waals surface area contributed by atoms with E-state index in [1.807, 2.05) is 47.7 Å². The van der Waals surface area contributed by atoms with Crippen LogP contribution in [0, 0.1) is 0 Å². The molecule has 0 aliphatic carbocycles. The Bertz CT molecular complexity index is 551. The van der Waals surface area contributed by atoms with Gasteiger partial charge in [-0.15, -0.1) is 5.10 Å². The summed E-state index contributed by atoms with van der Waals surface area (Å²) in [4.78, 5) is 12.8. The van der Waals surface area contributed by atoms with E-state index in [1.165, 1.54) is 9.91 Å². The molecule has 130 valence electrons.